The summed E-state index contributed by atoms with van der Waals surface area (Å²) in [4.78, 5) is 0. The van der Waals surface area contributed by atoms with Gasteiger partial charge >= 0.3 is 18.9 Å². The van der Waals surface area contributed by atoms with Crippen LogP contribution in [0.3, 0.4) is 0 Å². The molecular formula is C10H19LiO. The maximum Gasteiger partial charge on any atom is 1.00 e. The van der Waals surface area contributed by atoms with E-state index in [-0.39, 0.29) is 18.9 Å². The van der Waals surface area contributed by atoms with Gasteiger partial charge in [-0.05, 0) is 0 Å². The van der Waals surface area contributed by atoms with Crippen LogP contribution in [0.2, 0.25) is 0 Å². The van der Waals surface area contributed by atoms with Crippen molar-refractivity contribution in [3.63, 3.8) is 0 Å². The zero-order chi connectivity index (χ0) is 8.16. The summed E-state index contributed by atoms with van der Waals surface area (Å²) in [6, 6.07) is 0. The van der Waals surface area contributed by atoms with Crippen LogP contribution in [0.25, 0.3) is 0 Å². The van der Waals surface area contributed by atoms with E-state index in [1.54, 1.807) is 0 Å². The van der Waals surface area contributed by atoms with Crippen LogP contribution >= 0.6 is 0 Å². The zero-order valence-corrected chi connectivity index (χ0v) is 8.57. The first-order valence-corrected chi connectivity index (χ1v) is 4.97. The SMILES string of the molecule is CCCCC1([O-])CCCCC1.[Li+]. The van der Waals surface area contributed by atoms with Crippen molar-refractivity contribution < 1.29 is 24.0 Å². The molecule has 0 aromatic rings. The number of hydrogen-bond donors (Lipinski definition) is 0. The minimum atomic E-state index is -0.520. The molecule has 1 nitrogen and oxygen atoms in total. The fourth-order valence-electron chi connectivity index (χ4n) is 1.95. The third-order valence-corrected chi connectivity index (χ3v) is 2.75. The first kappa shape index (κ1) is 12.6. The molecule has 1 fully saturated rings. The van der Waals surface area contributed by atoms with Gasteiger partial charge in [-0.15, -0.1) is 5.60 Å². The molecule has 0 saturated heterocycles. The standard InChI is InChI=1S/C10H19O.Li/c1-2-3-7-10(11)8-5-4-6-9-10;/h2-9H2,1H3;/q-1;+1. The van der Waals surface area contributed by atoms with Gasteiger partial charge in [-0.25, -0.2) is 0 Å². The van der Waals surface area contributed by atoms with Gasteiger partial charge in [0.25, 0.3) is 0 Å². The second-order valence-corrected chi connectivity index (χ2v) is 3.85. The molecular weight excluding hydrogens is 143 g/mol. The van der Waals surface area contributed by atoms with E-state index in [4.69, 9.17) is 0 Å². The monoisotopic (exact) mass is 162 g/mol. The van der Waals surface area contributed by atoms with Crippen molar-refractivity contribution in [1.29, 1.82) is 0 Å². The Balaban J connectivity index is 0.00000121. The van der Waals surface area contributed by atoms with Gasteiger partial charge in [0, 0.05) is 0 Å². The maximum atomic E-state index is 11.9. The molecule has 1 aliphatic carbocycles. The topological polar surface area (TPSA) is 23.1 Å². The summed E-state index contributed by atoms with van der Waals surface area (Å²) in [5, 5.41) is 11.9. The molecule has 0 aliphatic heterocycles. The van der Waals surface area contributed by atoms with Gasteiger partial charge in [0.2, 0.25) is 0 Å². The van der Waals surface area contributed by atoms with E-state index >= 15 is 0 Å². The van der Waals surface area contributed by atoms with E-state index in [1.807, 2.05) is 0 Å². The average molecular weight is 162 g/mol. The van der Waals surface area contributed by atoms with E-state index in [1.165, 1.54) is 25.7 Å². The van der Waals surface area contributed by atoms with Gasteiger partial charge in [-0.1, -0.05) is 58.3 Å². The molecule has 0 spiro atoms. The van der Waals surface area contributed by atoms with Gasteiger partial charge < -0.3 is 5.11 Å². The molecule has 0 atom stereocenters. The van der Waals surface area contributed by atoms with Crippen LogP contribution in [-0.2, 0) is 0 Å². The number of unbranched alkanes of at least 4 members (excludes halogenated alkanes) is 1. The van der Waals surface area contributed by atoms with Crippen molar-refractivity contribution in [3.05, 3.63) is 0 Å². The number of rotatable bonds is 3. The fraction of sp³-hybridized carbons (Fsp3) is 1.00. The van der Waals surface area contributed by atoms with Crippen LogP contribution in [0, 0.1) is 0 Å². The molecule has 12 heavy (non-hydrogen) atoms. The van der Waals surface area contributed by atoms with Crippen LogP contribution in [0.5, 0.6) is 0 Å². The summed E-state index contributed by atoms with van der Waals surface area (Å²) in [6.45, 7) is 2.16. The summed E-state index contributed by atoms with van der Waals surface area (Å²) in [6.07, 6.45) is 8.73. The van der Waals surface area contributed by atoms with Crippen molar-refractivity contribution in [1.82, 2.24) is 0 Å². The van der Waals surface area contributed by atoms with Crippen molar-refractivity contribution in [2.45, 2.75) is 63.9 Å². The van der Waals surface area contributed by atoms with Gasteiger partial charge in [0.05, 0.1) is 0 Å². The summed E-state index contributed by atoms with van der Waals surface area (Å²) < 4.78 is 0. The summed E-state index contributed by atoms with van der Waals surface area (Å²) in [5.74, 6) is 0. The maximum absolute atomic E-state index is 11.9. The van der Waals surface area contributed by atoms with E-state index in [9.17, 15) is 5.11 Å². The van der Waals surface area contributed by atoms with Crippen molar-refractivity contribution in [2.24, 2.45) is 0 Å². The smallest absolute Gasteiger partial charge is 0.849 e. The Bertz CT molecular complexity index is 108. The quantitative estimate of drug-likeness (QED) is 0.500. The summed E-state index contributed by atoms with van der Waals surface area (Å²) >= 11 is 0. The molecule has 1 aliphatic rings. The fourth-order valence-corrected chi connectivity index (χ4v) is 1.95. The minimum Gasteiger partial charge on any atom is -0.849 e. The zero-order valence-electron chi connectivity index (χ0n) is 8.57. The molecule has 0 radical (unpaired) electrons. The van der Waals surface area contributed by atoms with E-state index in [2.05, 4.69) is 6.92 Å². The first-order valence-electron chi connectivity index (χ1n) is 4.97. The Morgan fingerprint density at radius 1 is 1.17 bits per heavy atom. The first-order chi connectivity index (χ1) is 5.27. The van der Waals surface area contributed by atoms with Crippen molar-refractivity contribution in [2.75, 3.05) is 0 Å². The predicted octanol–water partition coefficient (Wildman–Crippen LogP) is -0.756. The summed E-state index contributed by atoms with van der Waals surface area (Å²) in [5.41, 5.74) is -0.520. The van der Waals surface area contributed by atoms with Gasteiger partial charge in [0.15, 0.2) is 0 Å². The molecule has 0 aromatic carbocycles. The van der Waals surface area contributed by atoms with Crippen molar-refractivity contribution >= 4 is 0 Å². The third-order valence-electron chi connectivity index (χ3n) is 2.75. The molecule has 0 N–H and O–H groups in total. The molecule has 0 amide bonds. The Labute approximate surface area is 88.1 Å². The molecule has 0 unspecified atom stereocenters. The van der Waals surface area contributed by atoms with Gasteiger partial charge in [-0.3, -0.25) is 0 Å². The molecule has 1 rings (SSSR count). The predicted molar refractivity (Wildman–Crippen MR) is 45.3 cm³/mol. The Morgan fingerprint density at radius 2 is 1.75 bits per heavy atom. The van der Waals surface area contributed by atoms with Crippen LogP contribution < -0.4 is 24.0 Å². The molecule has 2 heteroatoms. The van der Waals surface area contributed by atoms with E-state index in [0.717, 1.165) is 25.7 Å². The van der Waals surface area contributed by atoms with Gasteiger partial charge in [-0.2, -0.15) is 0 Å². The van der Waals surface area contributed by atoms with Crippen LogP contribution in [-0.4, -0.2) is 5.60 Å². The number of hydrogen-bond acceptors (Lipinski definition) is 1. The average Bonchev–Trinajstić information content (AvgIpc) is 2.03. The molecule has 0 bridgehead atoms. The van der Waals surface area contributed by atoms with Crippen LogP contribution in [0.1, 0.15) is 58.3 Å². The molecule has 0 heterocycles. The Hall–Kier alpha value is 0.557. The Morgan fingerprint density at radius 3 is 2.25 bits per heavy atom. The third kappa shape index (κ3) is 3.98. The largest absolute Gasteiger partial charge is 1.00 e. The Kier molecular flexibility index (Phi) is 6.36. The molecule has 1 saturated carbocycles. The van der Waals surface area contributed by atoms with Gasteiger partial charge in [0.1, 0.15) is 0 Å². The minimum absolute atomic E-state index is 0. The molecule has 0 aromatic heterocycles. The second-order valence-electron chi connectivity index (χ2n) is 3.85. The second kappa shape index (κ2) is 6.08. The van der Waals surface area contributed by atoms with E-state index < -0.39 is 5.60 Å². The van der Waals surface area contributed by atoms with E-state index in [0.29, 0.717) is 0 Å². The van der Waals surface area contributed by atoms with Crippen LogP contribution in [0.4, 0.5) is 0 Å². The normalized spacial score (nSPS) is 21.5. The van der Waals surface area contributed by atoms with Crippen LogP contribution in [0.15, 0.2) is 0 Å². The van der Waals surface area contributed by atoms with Crippen molar-refractivity contribution in [3.8, 4) is 0 Å². The summed E-state index contributed by atoms with van der Waals surface area (Å²) in [7, 11) is 0. The molecule has 66 valence electrons.